The number of amides is 1. The van der Waals surface area contributed by atoms with Gasteiger partial charge in [0.25, 0.3) is 0 Å². The number of hydrogen-bond acceptors (Lipinski definition) is 4. The SMILES string of the molecule is O=C(O)C1CCCC(C(=O)Nc2cccc(Cn3nc4ccccn4c3=O)c2)C1. The molecule has 1 saturated carbocycles. The Hall–Kier alpha value is -3.42. The highest BCUT2D eigenvalue weighted by Gasteiger charge is 2.31. The van der Waals surface area contributed by atoms with Crippen molar-refractivity contribution >= 4 is 23.2 Å². The van der Waals surface area contributed by atoms with Gasteiger partial charge in [-0.3, -0.25) is 14.0 Å². The summed E-state index contributed by atoms with van der Waals surface area (Å²) in [4.78, 5) is 36.3. The lowest BCUT2D eigenvalue weighted by Gasteiger charge is -2.25. The van der Waals surface area contributed by atoms with Crippen LogP contribution in [0.4, 0.5) is 5.69 Å². The van der Waals surface area contributed by atoms with E-state index in [1.54, 1.807) is 24.4 Å². The number of carbonyl (C=O) groups excluding carboxylic acids is 1. The Bertz CT molecular complexity index is 1120. The van der Waals surface area contributed by atoms with Gasteiger partial charge in [-0.1, -0.05) is 24.6 Å². The highest BCUT2D eigenvalue weighted by molar-refractivity contribution is 5.93. The average Bonchev–Trinajstić information content (AvgIpc) is 3.04. The molecule has 0 radical (unpaired) electrons. The van der Waals surface area contributed by atoms with Crippen molar-refractivity contribution in [2.45, 2.75) is 32.2 Å². The Morgan fingerprint density at radius 2 is 1.97 bits per heavy atom. The molecule has 0 saturated heterocycles. The third kappa shape index (κ3) is 4.06. The molecule has 3 aromatic rings. The molecule has 2 unspecified atom stereocenters. The van der Waals surface area contributed by atoms with Crippen molar-refractivity contribution in [3.05, 3.63) is 64.7 Å². The number of fused-ring (bicyclic) bond motifs is 1. The number of aromatic nitrogens is 3. The molecule has 1 aliphatic carbocycles. The van der Waals surface area contributed by atoms with Crippen molar-refractivity contribution in [3.63, 3.8) is 0 Å². The van der Waals surface area contributed by atoms with Crippen molar-refractivity contribution < 1.29 is 14.7 Å². The monoisotopic (exact) mass is 394 g/mol. The van der Waals surface area contributed by atoms with Gasteiger partial charge in [0.15, 0.2) is 5.65 Å². The van der Waals surface area contributed by atoms with Gasteiger partial charge >= 0.3 is 11.7 Å². The third-order valence-electron chi connectivity index (χ3n) is 5.41. The average molecular weight is 394 g/mol. The maximum Gasteiger partial charge on any atom is 0.350 e. The van der Waals surface area contributed by atoms with Crippen LogP contribution >= 0.6 is 0 Å². The quantitative estimate of drug-likeness (QED) is 0.691. The number of aliphatic carboxylic acids is 1. The minimum Gasteiger partial charge on any atom is -0.481 e. The van der Waals surface area contributed by atoms with Crippen LogP contribution in [0.5, 0.6) is 0 Å². The fraction of sp³-hybridized carbons (Fsp3) is 0.333. The van der Waals surface area contributed by atoms with E-state index in [0.29, 0.717) is 30.6 Å². The Balaban J connectivity index is 1.47. The third-order valence-corrected chi connectivity index (χ3v) is 5.41. The summed E-state index contributed by atoms with van der Waals surface area (Å²) in [7, 11) is 0. The molecular weight excluding hydrogens is 372 g/mol. The van der Waals surface area contributed by atoms with Crippen LogP contribution in [0.25, 0.3) is 5.65 Å². The number of carboxylic acids is 1. The first-order valence-corrected chi connectivity index (χ1v) is 9.68. The topological polar surface area (TPSA) is 106 Å². The first-order valence-electron chi connectivity index (χ1n) is 9.68. The van der Waals surface area contributed by atoms with Crippen LogP contribution < -0.4 is 11.0 Å². The molecule has 8 nitrogen and oxygen atoms in total. The molecule has 2 N–H and O–H groups in total. The van der Waals surface area contributed by atoms with Crippen molar-refractivity contribution in [1.82, 2.24) is 14.2 Å². The first-order chi connectivity index (χ1) is 14.0. The zero-order chi connectivity index (χ0) is 20.4. The second-order valence-corrected chi connectivity index (χ2v) is 7.46. The molecule has 2 aromatic heterocycles. The summed E-state index contributed by atoms with van der Waals surface area (Å²) in [6.45, 7) is 0.286. The fourth-order valence-electron chi connectivity index (χ4n) is 3.89. The Morgan fingerprint density at radius 1 is 1.14 bits per heavy atom. The minimum absolute atomic E-state index is 0.155. The van der Waals surface area contributed by atoms with Gasteiger partial charge in [0.05, 0.1) is 12.5 Å². The van der Waals surface area contributed by atoms with Gasteiger partial charge in [0.2, 0.25) is 5.91 Å². The van der Waals surface area contributed by atoms with Crippen molar-refractivity contribution in [2.24, 2.45) is 11.8 Å². The van der Waals surface area contributed by atoms with Crippen LogP contribution in [-0.2, 0) is 16.1 Å². The van der Waals surface area contributed by atoms with Crippen LogP contribution in [0.1, 0.15) is 31.2 Å². The number of anilines is 1. The Morgan fingerprint density at radius 3 is 2.76 bits per heavy atom. The lowest BCUT2D eigenvalue weighted by Crippen LogP contribution is -2.31. The zero-order valence-electron chi connectivity index (χ0n) is 15.8. The summed E-state index contributed by atoms with van der Waals surface area (Å²) in [5.74, 6) is -1.73. The molecule has 1 fully saturated rings. The smallest absolute Gasteiger partial charge is 0.350 e. The molecule has 0 spiro atoms. The highest BCUT2D eigenvalue weighted by atomic mass is 16.4. The van der Waals surface area contributed by atoms with E-state index in [2.05, 4.69) is 10.4 Å². The van der Waals surface area contributed by atoms with E-state index >= 15 is 0 Å². The maximum absolute atomic E-state index is 12.6. The summed E-state index contributed by atoms with van der Waals surface area (Å²) < 4.78 is 2.86. The van der Waals surface area contributed by atoms with E-state index < -0.39 is 11.9 Å². The summed E-state index contributed by atoms with van der Waals surface area (Å²) in [5, 5.41) is 16.4. The van der Waals surface area contributed by atoms with E-state index in [1.807, 2.05) is 24.3 Å². The van der Waals surface area contributed by atoms with Gasteiger partial charge in [-0.2, -0.15) is 0 Å². The van der Waals surface area contributed by atoms with E-state index in [-0.39, 0.29) is 24.1 Å². The Labute approximate surface area is 166 Å². The van der Waals surface area contributed by atoms with E-state index in [9.17, 15) is 19.5 Å². The van der Waals surface area contributed by atoms with Crippen LogP contribution in [0.2, 0.25) is 0 Å². The molecule has 2 heterocycles. The highest BCUT2D eigenvalue weighted by Crippen LogP contribution is 2.30. The molecule has 4 rings (SSSR count). The standard InChI is InChI=1S/C21H22N4O4/c26-19(15-6-4-7-16(12-15)20(27)28)22-17-8-3-5-14(11-17)13-25-21(29)24-10-2-1-9-18(24)23-25/h1-3,5,8-11,15-16H,4,6-7,12-13H2,(H,22,26)(H,27,28). The summed E-state index contributed by atoms with van der Waals surface area (Å²) >= 11 is 0. The number of nitrogens with zero attached hydrogens (tertiary/aromatic N) is 3. The Kier molecular flexibility index (Phi) is 5.16. The molecule has 1 aliphatic rings. The second kappa shape index (κ2) is 7.90. The van der Waals surface area contributed by atoms with Crippen molar-refractivity contribution in [3.8, 4) is 0 Å². The fourth-order valence-corrected chi connectivity index (χ4v) is 3.89. The van der Waals surface area contributed by atoms with Crippen LogP contribution in [0.15, 0.2) is 53.5 Å². The van der Waals surface area contributed by atoms with Crippen molar-refractivity contribution in [2.75, 3.05) is 5.32 Å². The molecule has 0 aliphatic heterocycles. The number of rotatable bonds is 5. The number of carbonyl (C=O) groups is 2. The van der Waals surface area contributed by atoms with Crippen LogP contribution in [0, 0.1) is 11.8 Å². The summed E-state index contributed by atoms with van der Waals surface area (Å²) in [6, 6.07) is 12.6. The largest absolute Gasteiger partial charge is 0.481 e. The molecular formula is C21H22N4O4. The molecule has 0 bridgehead atoms. The molecule has 29 heavy (non-hydrogen) atoms. The van der Waals surface area contributed by atoms with Crippen LogP contribution in [0.3, 0.4) is 0 Å². The lowest BCUT2D eigenvalue weighted by molar-refractivity contribution is -0.143. The predicted molar refractivity (Wildman–Crippen MR) is 107 cm³/mol. The molecule has 2 atom stereocenters. The van der Waals surface area contributed by atoms with Crippen LogP contribution in [-0.4, -0.2) is 31.2 Å². The second-order valence-electron chi connectivity index (χ2n) is 7.46. The van der Waals surface area contributed by atoms with E-state index in [0.717, 1.165) is 12.0 Å². The van der Waals surface area contributed by atoms with Crippen molar-refractivity contribution in [1.29, 1.82) is 0 Å². The van der Waals surface area contributed by atoms with Gasteiger partial charge in [-0.15, -0.1) is 5.10 Å². The summed E-state index contributed by atoms with van der Waals surface area (Å²) in [5.41, 5.74) is 1.81. The normalized spacial score (nSPS) is 19.2. The number of nitrogens with one attached hydrogen (secondary N) is 1. The minimum atomic E-state index is -0.831. The number of pyridine rings is 1. The van der Waals surface area contributed by atoms with Gasteiger partial charge in [0.1, 0.15) is 0 Å². The number of hydrogen-bond donors (Lipinski definition) is 2. The van der Waals surface area contributed by atoms with Gasteiger partial charge < -0.3 is 10.4 Å². The molecule has 150 valence electrons. The molecule has 1 aromatic carbocycles. The number of carboxylic acid groups (broad SMARTS) is 1. The number of benzene rings is 1. The molecule has 8 heteroatoms. The molecule has 1 amide bonds. The van der Waals surface area contributed by atoms with E-state index in [4.69, 9.17) is 0 Å². The van der Waals surface area contributed by atoms with Gasteiger partial charge in [0, 0.05) is 17.8 Å². The summed E-state index contributed by atoms with van der Waals surface area (Å²) in [6.07, 6.45) is 4.12. The predicted octanol–water partition coefficient (Wildman–Crippen LogP) is 2.37. The van der Waals surface area contributed by atoms with Gasteiger partial charge in [-0.05, 0) is 49.1 Å². The van der Waals surface area contributed by atoms with E-state index in [1.165, 1.54) is 9.08 Å². The lowest BCUT2D eigenvalue weighted by atomic mass is 9.81. The first kappa shape index (κ1) is 18.9. The van der Waals surface area contributed by atoms with Gasteiger partial charge in [-0.25, -0.2) is 9.48 Å². The maximum atomic E-state index is 12.6. The zero-order valence-corrected chi connectivity index (χ0v) is 15.8.